The van der Waals surface area contributed by atoms with Crippen LogP contribution in [0.25, 0.3) is 0 Å². The van der Waals surface area contributed by atoms with Crippen molar-refractivity contribution in [1.29, 1.82) is 0 Å². The predicted octanol–water partition coefficient (Wildman–Crippen LogP) is 1.89. The van der Waals surface area contributed by atoms with Crippen molar-refractivity contribution in [3.63, 3.8) is 0 Å². The highest BCUT2D eigenvalue weighted by Gasteiger charge is 2.06. The molecule has 3 nitrogen and oxygen atoms in total. The minimum absolute atomic E-state index is 0.0974. The Morgan fingerprint density at radius 2 is 2.21 bits per heavy atom. The fourth-order valence-corrected chi connectivity index (χ4v) is 1.14. The molecule has 3 heteroatoms. The zero-order valence-corrected chi connectivity index (χ0v) is 8.36. The molecule has 0 unspecified atom stereocenters. The Hall–Kier alpha value is -1.51. The van der Waals surface area contributed by atoms with Crippen molar-refractivity contribution in [2.45, 2.75) is 26.4 Å². The van der Waals surface area contributed by atoms with Crippen LogP contribution < -0.4 is 0 Å². The van der Waals surface area contributed by atoms with Crippen molar-refractivity contribution in [3.05, 3.63) is 29.8 Å². The summed E-state index contributed by atoms with van der Waals surface area (Å²) in [5.74, 6) is -0.106. The van der Waals surface area contributed by atoms with Gasteiger partial charge in [-0.1, -0.05) is 12.1 Å². The van der Waals surface area contributed by atoms with Gasteiger partial charge >= 0.3 is 5.97 Å². The molecular weight excluding hydrogens is 180 g/mol. The molecule has 0 amide bonds. The first kappa shape index (κ1) is 10.6. The summed E-state index contributed by atoms with van der Waals surface area (Å²) in [5, 5.41) is 9.16. The van der Waals surface area contributed by atoms with Crippen LogP contribution in [0.5, 0.6) is 5.75 Å². The zero-order valence-electron chi connectivity index (χ0n) is 8.36. The van der Waals surface area contributed by atoms with Crippen molar-refractivity contribution in [1.82, 2.24) is 0 Å². The van der Waals surface area contributed by atoms with Crippen LogP contribution in [0, 0.1) is 0 Å². The van der Waals surface area contributed by atoms with Crippen LogP contribution in [0.4, 0.5) is 0 Å². The standard InChI is InChI=1S/C11H14O3/c1-8(2)14-11(13)7-9-4-3-5-10(12)6-9/h3-6,8,12H,7H2,1-2H3. The molecule has 14 heavy (non-hydrogen) atoms. The summed E-state index contributed by atoms with van der Waals surface area (Å²) in [6.07, 6.45) is 0.104. The molecule has 1 aromatic rings. The van der Waals surface area contributed by atoms with E-state index in [0.29, 0.717) is 0 Å². The second kappa shape index (κ2) is 4.65. The van der Waals surface area contributed by atoms with Gasteiger partial charge in [0.15, 0.2) is 0 Å². The van der Waals surface area contributed by atoms with E-state index in [1.54, 1.807) is 38.1 Å². The van der Waals surface area contributed by atoms with Crippen molar-refractivity contribution in [2.24, 2.45) is 0 Å². The van der Waals surface area contributed by atoms with Gasteiger partial charge in [0.1, 0.15) is 5.75 Å². The second-order valence-corrected chi connectivity index (χ2v) is 3.39. The molecular formula is C11H14O3. The second-order valence-electron chi connectivity index (χ2n) is 3.39. The molecule has 0 aliphatic heterocycles. The van der Waals surface area contributed by atoms with Gasteiger partial charge in [0.05, 0.1) is 12.5 Å². The Labute approximate surface area is 83.3 Å². The molecule has 0 aromatic heterocycles. The van der Waals surface area contributed by atoms with E-state index in [2.05, 4.69) is 0 Å². The van der Waals surface area contributed by atoms with Crippen LogP contribution in [0.2, 0.25) is 0 Å². The van der Waals surface area contributed by atoms with E-state index < -0.39 is 0 Å². The fraction of sp³-hybridized carbons (Fsp3) is 0.364. The summed E-state index contributed by atoms with van der Waals surface area (Å²) in [7, 11) is 0. The number of carbonyl (C=O) groups excluding carboxylic acids is 1. The van der Waals surface area contributed by atoms with Crippen LogP contribution in [0.3, 0.4) is 0 Å². The molecule has 1 N–H and O–H groups in total. The maximum atomic E-state index is 11.2. The lowest BCUT2D eigenvalue weighted by atomic mass is 10.1. The van der Waals surface area contributed by atoms with E-state index in [-0.39, 0.29) is 24.2 Å². The van der Waals surface area contributed by atoms with Gasteiger partial charge in [-0.05, 0) is 31.5 Å². The highest BCUT2D eigenvalue weighted by atomic mass is 16.5. The molecule has 0 saturated carbocycles. The Bertz CT molecular complexity index is 318. The van der Waals surface area contributed by atoms with Crippen LogP contribution in [-0.4, -0.2) is 17.2 Å². The van der Waals surface area contributed by atoms with Crippen LogP contribution >= 0.6 is 0 Å². The Balaban J connectivity index is 2.56. The number of carbonyl (C=O) groups is 1. The molecule has 1 aromatic carbocycles. The minimum Gasteiger partial charge on any atom is -0.508 e. The number of esters is 1. The summed E-state index contributed by atoms with van der Waals surface area (Å²) in [6, 6.07) is 6.60. The zero-order chi connectivity index (χ0) is 10.6. The van der Waals surface area contributed by atoms with E-state index in [1.165, 1.54) is 0 Å². The molecule has 0 atom stereocenters. The molecule has 0 heterocycles. The SMILES string of the molecule is CC(C)OC(=O)Cc1cccc(O)c1. The Kier molecular flexibility index (Phi) is 3.51. The monoisotopic (exact) mass is 194 g/mol. The van der Waals surface area contributed by atoms with Crippen LogP contribution in [0.1, 0.15) is 19.4 Å². The van der Waals surface area contributed by atoms with Gasteiger partial charge in [-0.2, -0.15) is 0 Å². The Morgan fingerprint density at radius 3 is 2.79 bits per heavy atom. The minimum atomic E-state index is -0.273. The summed E-state index contributed by atoms with van der Waals surface area (Å²) in [4.78, 5) is 11.2. The number of benzene rings is 1. The number of rotatable bonds is 3. The molecule has 0 fully saturated rings. The molecule has 0 saturated heterocycles. The van der Waals surface area contributed by atoms with E-state index in [1.807, 2.05) is 0 Å². The lowest BCUT2D eigenvalue weighted by molar-refractivity contribution is -0.146. The summed E-state index contributed by atoms with van der Waals surface area (Å²) in [6.45, 7) is 3.61. The van der Waals surface area contributed by atoms with Gasteiger partial charge in [0, 0.05) is 0 Å². The predicted molar refractivity (Wildman–Crippen MR) is 53.0 cm³/mol. The summed E-state index contributed by atoms with van der Waals surface area (Å²) >= 11 is 0. The van der Waals surface area contributed by atoms with Crippen LogP contribution in [0.15, 0.2) is 24.3 Å². The normalized spacial score (nSPS) is 10.2. The first-order chi connectivity index (χ1) is 6.58. The topological polar surface area (TPSA) is 46.5 Å². The lowest BCUT2D eigenvalue weighted by Crippen LogP contribution is -2.13. The highest BCUT2D eigenvalue weighted by molar-refractivity contribution is 5.72. The average Bonchev–Trinajstić information content (AvgIpc) is 2.01. The lowest BCUT2D eigenvalue weighted by Gasteiger charge is -2.07. The number of phenolic OH excluding ortho intramolecular Hbond substituents is 1. The molecule has 0 aliphatic carbocycles. The van der Waals surface area contributed by atoms with Crippen molar-refractivity contribution in [3.8, 4) is 5.75 Å². The molecule has 0 spiro atoms. The van der Waals surface area contributed by atoms with E-state index in [9.17, 15) is 4.79 Å². The average molecular weight is 194 g/mol. The quantitative estimate of drug-likeness (QED) is 0.747. The van der Waals surface area contributed by atoms with Crippen LogP contribution in [-0.2, 0) is 16.0 Å². The van der Waals surface area contributed by atoms with Crippen molar-refractivity contribution < 1.29 is 14.6 Å². The first-order valence-corrected chi connectivity index (χ1v) is 4.55. The molecule has 0 bridgehead atoms. The smallest absolute Gasteiger partial charge is 0.310 e. The molecule has 76 valence electrons. The number of hydrogen-bond acceptors (Lipinski definition) is 3. The summed E-state index contributed by atoms with van der Waals surface area (Å²) < 4.78 is 4.97. The summed E-state index contributed by atoms with van der Waals surface area (Å²) in [5.41, 5.74) is 0.760. The van der Waals surface area contributed by atoms with Gasteiger partial charge in [-0.15, -0.1) is 0 Å². The maximum absolute atomic E-state index is 11.2. The van der Waals surface area contributed by atoms with Gasteiger partial charge < -0.3 is 9.84 Å². The third-order valence-corrected chi connectivity index (χ3v) is 1.63. The largest absolute Gasteiger partial charge is 0.508 e. The molecule has 0 aliphatic rings. The maximum Gasteiger partial charge on any atom is 0.310 e. The van der Waals surface area contributed by atoms with Gasteiger partial charge in [0.2, 0.25) is 0 Å². The molecule has 0 radical (unpaired) electrons. The van der Waals surface area contributed by atoms with E-state index >= 15 is 0 Å². The first-order valence-electron chi connectivity index (χ1n) is 4.55. The van der Waals surface area contributed by atoms with Gasteiger partial charge in [-0.3, -0.25) is 4.79 Å². The van der Waals surface area contributed by atoms with Crippen molar-refractivity contribution >= 4 is 5.97 Å². The number of hydrogen-bond donors (Lipinski definition) is 1. The fourth-order valence-electron chi connectivity index (χ4n) is 1.14. The van der Waals surface area contributed by atoms with Crippen molar-refractivity contribution in [2.75, 3.05) is 0 Å². The number of aromatic hydroxyl groups is 1. The van der Waals surface area contributed by atoms with E-state index in [4.69, 9.17) is 9.84 Å². The third kappa shape index (κ3) is 3.47. The number of ether oxygens (including phenoxy) is 1. The highest BCUT2D eigenvalue weighted by Crippen LogP contribution is 2.11. The third-order valence-electron chi connectivity index (χ3n) is 1.63. The number of phenols is 1. The van der Waals surface area contributed by atoms with E-state index in [0.717, 1.165) is 5.56 Å². The van der Waals surface area contributed by atoms with Gasteiger partial charge in [-0.25, -0.2) is 0 Å². The van der Waals surface area contributed by atoms with Gasteiger partial charge in [0.25, 0.3) is 0 Å². The molecule has 1 rings (SSSR count). The Morgan fingerprint density at radius 1 is 1.50 bits per heavy atom.